The fourth-order valence-electron chi connectivity index (χ4n) is 3.91. The summed E-state index contributed by atoms with van der Waals surface area (Å²) in [5.74, 6) is -1.11. The minimum Gasteiger partial charge on any atom is -0.493 e. The van der Waals surface area contributed by atoms with E-state index >= 15 is 0 Å². The van der Waals surface area contributed by atoms with Crippen molar-refractivity contribution in [3.05, 3.63) is 64.9 Å². The summed E-state index contributed by atoms with van der Waals surface area (Å²) in [4.78, 5) is 19.5. The monoisotopic (exact) mass is 513 g/mol. The topological polar surface area (TPSA) is 110 Å². The average Bonchev–Trinajstić information content (AvgIpc) is 3.29. The maximum Gasteiger partial charge on any atom is 0.239 e. The van der Waals surface area contributed by atoms with E-state index in [1.165, 1.54) is 35.0 Å². The van der Waals surface area contributed by atoms with Crippen LogP contribution in [0.1, 0.15) is 6.42 Å². The molecule has 4 rings (SSSR count). The van der Waals surface area contributed by atoms with Crippen LogP contribution in [0.3, 0.4) is 0 Å². The van der Waals surface area contributed by atoms with E-state index in [0.717, 1.165) is 19.0 Å². The number of aromatic nitrogens is 2. The summed E-state index contributed by atoms with van der Waals surface area (Å²) in [6.07, 6.45) is 3.91. The Bertz CT molecular complexity index is 1410. The van der Waals surface area contributed by atoms with Gasteiger partial charge in [-0.3, -0.25) is 14.5 Å². The highest BCUT2D eigenvalue weighted by Gasteiger charge is 2.23. The minimum absolute atomic E-state index is 0.00408. The van der Waals surface area contributed by atoms with Crippen molar-refractivity contribution in [3.8, 4) is 11.5 Å². The number of anilines is 2. The lowest BCUT2D eigenvalue weighted by Gasteiger charge is -2.29. The number of hydrogen-bond donors (Lipinski definition) is 2. The molecule has 0 saturated carbocycles. The highest BCUT2D eigenvalue weighted by Crippen LogP contribution is 2.28. The summed E-state index contributed by atoms with van der Waals surface area (Å²) in [6.45, 7) is 1.27. The molecule has 0 aliphatic carbocycles. The lowest BCUT2D eigenvalue weighted by Crippen LogP contribution is -2.43. The fraction of sp³-hybridized carbons (Fsp3) is 0.320. The van der Waals surface area contributed by atoms with E-state index in [1.807, 2.05) is 14.1 Å². The van der Waals surface area contributed by atoms with E-state index in [2.05, 4.69) is 20.3 Å². The number of nitrogens with zero attached hydrogens (tertiary/aromatic N) is 5. The second kappa shape index (κ2) is 11.2. The second-order valence-electron chi connectivity index (χ2n) is 8.69. The van der Waals surface area contributed by atoms with E-state index < -0.39 is 17.5 Å². The number of amides is 1. The number of methoxy groups -OCH3 is 1. The molecule has 0 bridgehead atoms. The van der Waals surface area contributed by atoms with E-state index in [1.54, 1.807) is 18.3 Å². The molecule has 196 valence electrons. The van der Waals surface area contributed by atoms with Gasteiger partial charge < -0.3 is 30.3 Å². The Kier molecular flexibility index (Phi) is 7.87. The van der Waals surface area contributed by atoms with Crippen LogP contribution < -0.4 is 36.0 Å². The Morgan fingerprint density at radius 3 is 2.78 bits per heavy atom. The van der Waals surface area contributed by atoms with Gasteiger partial charge in [0, 0.05) is 24.0 Å². The predicted molar refractivity (Wildman–Crippen MR) is 135 cm³/mol. The Balaban J connectivity index is 1.79. The van der Waals surface area contributed by atoms with Crippen LogP contribution in [0.4, 0.5) is 20.2 Å². The third kappa shape index (κ3) is 5.97. The summed E-state index contributed by atoms with van der Waals surface area (Å²) in [5, 5.41) is 8.51. The van der Waals surface area contributed by atoms with Crippen LogP contribution in [-0.2, 0) is 11.3 Å². The number of rotatable bonds is 11. The number of nitrogens with one attached hydrogen (secondary N) is 1. The van der Waals surface area contributed by atoms with E-state index in [4.69, 9.17) is 15.2 Å². The third-order valence-electron chi connectivity index (χ3n) is 5.63. The predicted octanol–water partition coefficient (Wildman–Crippen LogP) is 1.26. The summed E-state index contributed by atoms with van der Waals surface area (Å²) >= 11 is 0. The molecule has 37 heavy (non-hydrogen) atoms. The molecule has 3 aromatic rings. The molecule has 1 aromatic heterocycles. The van der Waals surface area contributed by atoms with Gasteiger partial charge in [-0.25, -0.2) is 8.78 Å². The van der Waals surface area contributed by atoms with Gasteiger partial charge in [0.05, 0.1) is 36.6 Å². The normalized spacial score (nSPS) is 12.8. The first-order valence-electron chi connectivity index (χ1n) is 11.6. The smallest absolute Gasteiger partial charge is 0.239 e. The molecule has 1 aliphatic heterocycles. The molecule has 0 unspecified atom stereocenters. The highest BCUT2D eigenvalue weighted by molar-refractivity contribution is 5.78. The summed E-state index contributed by atoms with van der Waals surface area (Å²) < 4.78 is 41.9. The van der Waals surface area contributed by atoms with Gasteiger partial charge in [0.25, 0.3) is 0 Å². The zero-order valence-corrected chi connectivity index (χ0v) is 20.9. The zero-order chi connectivity index (χ0) is 26.5. The van der Waals surface area contributed by atoms with Gasteiger partial charge in [0.15, 0.2) is 23.1 Å². The number of hydrogen-bond acceptors (Lipinski definition) is 8. The molecule has 2 aromatic carbocycles. The molecule has 0 spiro atoms. The first kappa shape index (κ1) is 25.9. The number of carbonyl (C=O) groups is 1. The molecule has 1 amide bonds. The number of carbonyl (C=O) groups excluding carboxylic acids is 1. The van der Waals surface area contributed by atoms with E-state index in [9.17, 15) is 13.6 Å². The molecule has 0 fully saturated rings. The SMILES string of the molecule is COc1cc2c(cc1OCCCN(C)C)=NCN(c1cccc(F)c1F)C=2Nc1cnn(CC(N)=O)c1. The number of benzene rings is 2. The van der Waals surface area contributed by atoms with Gasteiger partial charge in [0.2, 0.25) is 5.91 Å². The summed E-state index contributed by atoms with van der Waals surface area (Å²) in [5.41, 5.74) is 5.78. The quantitative estimate of drug-likeness (QED) is 0.372. The van der Waals surface area contributed by atoms with Crippen LogP contribution >= 0.6 is 0 Å². The summed E-state index contributed by atoms with van der Waals surface area (Å²) in [6, 6.07) is 7.45. The summed E-state index contributed by atoms with van der Waals surface area (Å²) in [7, 11) is 5.51. The van der Waals surface area contributed by atoms with Crippen molar-refractivity contribution < 1.29 is 23.0 Å². The number of primary amides is 1. The average molecular weight is 514 g/mol. The van der Waals surface area contributed by atoms with Crippen molar-refractivity contribution in [2.75, 3.05) is 51.2 Å². The first-order valence-corrected chi connectivity index (χ1v) is 11.6. The Morgan fingerprint density at radius 1 is 1.24 bits per heavy atom. The van der Waals surface area contributed by atoms with Crippen molar-refractivity contribution in [1.82, 2.24) is 14.7 Å². The second-order valence-corrected chi connectivity index (χ2v) is 8.69. The fourth-order valence-corrected chi connectivity index (χ4v) is 3.91. The molecule has 2 heterocycles. The van der Waals surface area contributed by atoms with Gasteiger partial charge in [-0.05, 0) is 38.7 Å². The molecule has 3 N–H and O–H groups in total. The van der Waals surface area contributed by atoms with Crippen LogP contribution in [0, 0.1) is 11.6 Å². The van der Waals surface area contributed by atoms with Crippen molar-refractivity contribution in [2.45, 2.75) is 13.0 Å². The number of halogens is 2. The standard InChI is InChI=1S/C25H29F2N7O3/c1-32(2)8-5-9-37-22-11-19-17(10-21(22)36-3)25(31-16-12-30-33(13-16)14-23(28)35)34(15-29-19)20-7-4-6-18(26)24(20)27/h4,6-7,10-13,31H,5,8-9,14-15H2,1-3H3,(H2,28,35). The lowest BCUT2D eigenvalue weighted by atomic mass is 10.2. The van der Waals surface area contributed by atoms with Crippen molar-refractivity contribution in [2.24, 2.45) is 10.7 Å². The van der Waals surface area contributed by atoms with E-state index in [-0.39, 0.29) is 18.9 Å². The molecule has 0 saturated heterocycles. The minimum atomic E-state index is -1.00. The van der Waals surface area contributed by atoms with Gasteiger partial charge in [-0.15, -0.1) is 0 Å². The van der Waals surface area contributed by atoms with Crippen LogP contribution in [0.2, 0.25) is 0 Å². The molecule has 0 atom stereocenters. The number of ether oxygens (including phenoxy) is 2. The molecular formula is C25H29F2N7O3. The van der Waals surface area contributed by atoms with Gasteiger partial charge in [0.1, 0.15) is 19.0 Å². The van der Waals surface area contributed by atoms with Crippen LogP contribution in [0.5, 0.6) is 11.5 Å². The largest absolute Gasteiger partial charge is 0.493 e. The Morgan fingerprint density at radius 2 is 2.05 bits per heavy atom. The first-order chi connectivity index (χ1) is 17.8. The van der Waals surface area contributed by atoms with Crippen molar-refractivity contribution >= 4 is 23.1 Å². The van der Waals surface area contributed by atoms with Crippen molar-refractivity contribution in [1.29, 1.82) is 0 Å². The van der Waals surface area contributed by atoms with Gasteiger partial charge in [-0.1, -0.05) is 6.07 Å². The Labute approximate surface area is 212 Å². The molecule has 0 radical (unpaired) electrons. The van der Waals surface area contributed by atoms with Crippen LogP contribution in [-0.4, -0.2) is 61.6 Å². The Hall–Kier alpha value is -4.19. The highest BCUT2D eigenvalue weighted by atomic mass is 19.2. The maximum absolute atomic E-state index is 14.8. The lowest BCUT2D eigenvalue weighted by molar-refractivity contribution is -0.118. The van der Waals surface area contributed by atoms with Crippen molar-refractivity contribution in [3.63, 3.8) is 0 Å². The zero-order valence-electron chi connectivity index (χ0n) is 20.9. The van der Waals surface area contributed by atoms with Gasteiger partial charge in [-0.2, -0.15) is 5.10 Å². The maximum atomic E-state index is 14.8. The number of nitrogens with two attached hydrogens (primary N) is 1. The number of fused-ring (bicyclic) bond motifs is 1. The van der Waals surface area contributed by atoms with E-state index in [0.29, 0.717) is 40.2 Å². The molecule has 1 aliphatic rings. The van der Waals surface area contributed by atoms with Crippen LogP contribution in [0.25, 0.3) is 5.82 Å². The van der Waals surface area contributed by atoms with Crippen LogP contribution in [0.15, 0.2) is 47.7 Å². The third-order valence-corrected chi connectivity index (χ3v) is 5.63. The molecular weight excluding hydrogens is 484 g/mol. The molecule has 12 heteroatoms. The van der Waals surface area contributed by atoms with Gasteiger partial charge >= 0.3 is 0 Å². The molecule has 10 nitrogen and oxygen atoms in total.